The molecule has 42 heavy (non-hydrogen) atoms. The van der Waals surface area contributed by atoms with E-state index in [1.54, 1.807) is 6.07 Å². The molecule has 1 aromatic carbocycles. The van der Waals surface area contributed by atoms with Gasteiger partial charge in [-0.2, -0.15) is 0 Å². The Labute approximate surface area is 264 Å². The lowest BCUT2D eigenvalue weighted by Crippen LogP contribution is -2.44. The standard InChI is InChI=1S/C31H48ClNO5S2Si2/c1-30(2,3)41(7,8)37-24-15-16-25(27(21-24)38-42(9,10)31(4,5)6)22-11-13-23(14-12-22)33-26(19-20-36-33)28-17-18-29(39-28)40(32,34)35/h15-19,21-23H,11-14,20H2,1-10H3/t22-,23+. The Morgan fingerprint density at radius 3 is 2.05 bits per heavy atom. The molecule has 1 saturated carbocycles. The molecule has 1 aromatic heterocycles. The lowest BCUT2D eigenvalue weighted by Gasteiger charge is -2.40. The van der Waals surface area contributed by atoms with E-state index in [9.17, 15) is 8.42 Å². The predicted octanol–water partition coefficient (Wildman–Crippen LogP) is 9.76. The first-order chi connectivity index (χ1) is 19.2. The highest BCUT2D eigenvalue weighted by atomic mass is 35.7. The molecule has 1 aliphatic heterocycles. The van der Waals surface area contributed by atoms with Gasteiger partial charge in [0.15, 0.2) is 0 Å². The van der Waals surface area contributed by atoms with Crippen molar-refractivity contribution in [2.45, 2.75) is 120 Å². The van der Waals surface area contributed by atoms with Crippen LogP contribution < -0.4 is 8.85 Å². The van der Waals surface area contributed by atoms with Crippen molar-refractivity contribution in [1.82, 2.24) is 5.06 Å². The fraction of sp³-hybridized carbons (Fsp3) is 0.613. The number of benzene rings is 1. The smallest absolute Gasteiger partial charge is 0.270 e. The molecule has 234 valence electrons. The van der Waals surface area contributed by atoms with Gasteiger partial charge >= 0.3 is 0 Å². The van der Waals surface area contributed by atoms with Crippen LogP contribution in [-0.2, 0) is 13.9 Å². The Hall–Kier alpha value is -1.31. The first kappa shape index (κ1) is 33.6. The molecular formula is C31H48ClNO5S2Si2. The van der Waals surface area contributed by atoms with Crippen LogP contribution in [0.4, 0.5) is 0 Å². The Balaban J connectivity index is 1.55. The van der Waals surface area contributed by atoms with Crippen molar-refractivity contribution in [3.8, 4) is 11.5 Å². The van der Waals surface area contributed by atoms with Gasteiger partial charge in [-0.15, -0.1) is 11.3 Å². The molecule has 0 atom stereocenters. The highest BCUT2D eigenvalue weighted by molar-refractivity contribution is 8.15. The zero-order valence-electron chi connectivity index (χ0n) is 26.8. The van der Waals surface area contributed by atoms with E-state index in [1.165, 1.54) is 16.9 Å². The summed E-state index contributed by atoms with van der Waals surface area (Å²) in [6, 6.07) is 10.2. The summed E-state index contributed by atoms with van der Waals surface area (Å²) in [6.45, 7) is 23.3. The third-order valence-electron chi connectivity index (χ3n) is 9.61. The maximum Gasteiger partial charge on any atom is 0.270 e. The number of nitrogens with zero attached hydrogens (tertiary/aromatic N) is 1. The van der Waals surface area contributed by atoms with Crippen molar-refractivity contribution >= 4 is 53.4 Å². The fourth-order valence-corrected chi connectivity index (χ4v) is 9.11. The average Bonchev–Trinajstić information content (AvgIpc) is 3.52. The molecule has 0 spiro atoms. The Bertz CT molecular complexity index is 1420. The second-order valence-corrected chi connectivity index (χ2v) is 28.0. The molecule has 2 aliphatic rings. The fourth-order valence-electron chi connectivity index (χ4n) is 4.96. The molecule has 0 saturated heterocycles. The Morgan fingerprint density at radius 2 is 1.50 bits per heavy atom. The van der Waals surface area contributed by atoms with Crippen LogP contribution >= 0.6 is 22.0 Å². The third-order valence-corrected chi connectivity index (χ3v) is 21.5. The van der Waals surface area contributed by atoms with Crippen molar-refractivity contribution in [3.05, 3.63) is 46.8 Å². The van der Waals surface area contributed by atoms with Gasteiger partial charge in [-0.3, -0.25) is 4.84 Å². The minimum Gasteiger partial charge on any atom is -0.543 e. The van der Waals surface area contributed by atoms with Crippen LogP contribution in [0.1, 0.15) is 83.6 Å². The number of hydrogen-bond donors (Lipinski definition) is 0. The van der Waals surface area contributed by atoms with Gasteiger partial charge in [0.2, 0.25) is 16.6 Å². The molecule has 0 unspecified atom stereocenters. The molecule has 2 aromatic rings. The van der Waals surface area contributed by atoms with Crippen LogP contribution in [0.3, 0.4) is 0 Å². The average molecular weight is 670 g/mol. The molecule has 4 rings (SSSR count). The summed E-state index contributed by atoms with van der Waals surface area (Å²) in [5.74, 6) is 2.27. The molecule has 0 N–H and O–H groups in total. The number of thiophene rings is 1. The van der Waals surface area contributed by atoms with E-state index in [0.717, 1.165) is 47.8 Å². The highest BCUT2D eigenvalue weighted by Crippen LogP contribution is 2.46. The molecule has 11 heteroatoms. The Morgan fingerprint density at radius 1 is 0.905 bits per heavy atom. The lowest BCUT2D eigenvalue weighted by molar-refractivity contribution is -0.119. The normalized spacial score (nSPS) is 20.9. The van der Waals surface area contributed by atoms with E-state index >= 15 is 0 Å². The van der Waals surface area contributed by atoms with Gasteiger partial charge in [-0.25, -0.2) is 13.5 Å². The van der Waals surface area contributed by atoms with Gasteiger partial charge in [0, 0.05) is 16.7 Å². The molecule has 2 heterocycles. The highest BCUT2D eigenvalue weighted by Gasteiger charge is 2.42. The molecular weight excluding hydrogens is 622 g/mol. The van der Waals surface area contributed by atoms with Gasteiger partial charge in [0.05, 0.1) is 23.2 Å². The van der Waals surface area contributed by atoms with Crippen molar-refractivity contribution in [2.24, 2.45) is 0 Å². The maximum atomic E-state index is 11.8. The van der Waals surface area contributed by atoms with Gasteiger partial charge < -0.3 is 8.85 Å². The van der Waals surface area contributed by atoms with Crippen LogP contribution in [0.15, 0.2) is 40.6 Å². The maximum absolute atomic E-state index is 11.8. The zero-order chi connectivity index (χ0) is 31.3. The van der Waals surface area contributed by atoms with Crippen molar-refractivity contribution in [2.75, 3.05) is 6.61 Å². The molecule has 0 bridgehead atoms. The molecule has 0 radical (unpaired) electrons. The Kier molecular flexibility index (Phi) is 9.51. The monoisotopic (exact) mass is 669 g/mol. The van der Waals surface area contributed by atoms with Gasteiger partial charge in [-0.05, 0) is 97.7 Å². The minimum atomic E-state index is -3.75. The summed E-state index contributed by atoms with van der Waals surface area (Å²) < 4.78 is 37.5. The third kappa shape index (κ3) is 7.31. The summed E-state index contributed by atoms with van der Waals surface area (Å²) in [7, 11) is -2.25. The van der Waals surface area contributed by atoms with Gasteiger partial charge in [0.25, 0.3) is 9.05 Å². The summed E-state index contributed by atoms with van der Waals surface area (Å²) in [4.78, 5) is 6.90. The zero-order valence-corrected chi connectivity index (χ0v) is 31.2. The van der Waals surface area contributed by atoms with E-state index in [-0.39, 0.29) is 20.3 Å². The molecule has 1 fully saturated rings. The molecule has 0 amide bonds. The second kappa shape index (κ2) is 11.9. The molecule has 6 nitrogen and oxygen atoms in total. The largest absolute Gasteiger partial charge is 0.543 e. The number of rotatable bonds is 8. The first-order valence-corrected chi connectivity index (χ1v) is 23.8. The topological polar surface area (TPSA) is 65.1 Å². The van der Waals surface area contributed by atoms with E-state index in [0.29, 0.717) is 12.5 Å². The van der Waals surface area contributed by atoms with Crippen LogP contribution in [0, 0.1) is 0 Å². The van der Waals surface area contributed by atoms with Crippen LogP contribution in [0.25, 0.3) is 5.70 Å². The predicted molar refractivity (Wildman–Crippen MR) is 180 cm³/mol. The van der Waals surface area contributed by atoms with Crippen LogP contribution in [-0.4, -0.2) is 42.8 Å². The number of hydrogen-bond acceptors (Lipinski definition) is 7. The first-order valence-electron chi connectivity index (χ1n) is 14.9. The summed E-state index contributed by atoms with van der Waals surface area (Å²) in [6.07, 6.45) is 5.99. The van der Waals surface area contributed by atoms with Crippen molar-refractivity contribution in [1.29, 1.82) is 0 Å². The summed E-state index contributed by atoms with van der Waals surface area (Å²) >= 11 is 1.19. The van der Waals surface area contributed by atoms with Gasteiger partial charge in [-0.1, -0.05) is 47.6 Å². The van der Waals surface area contributed by atoms with E-state index in [2.05, 4.69) is 85.9 Å². The summed E-state index contributed by atoms with van der Waals surface area (Å²) in [5, 5.41) is 2.19. The van der Waals surface area contributed by atoms with E-state index in [1.807, 2.05) is 17.2 Å². The molecule has 1 aliphatic carbocycles. The summed E-state index contributed by atoms with van der Waals surface area (Å²) in [5.41, 5.74) is 2.21. The number of halogens is 1. The van der Waals surface area contributed by atoms with E-state index < -0.39 is 25.7 Å². The minimum absolute atomic E-state index is 0.0818. The lowest BCUT2D eigenvalue weighted by atomic mass is 9.81. The number of hydroxylamine groups is 2. The SMILES string of the molecule is CC(C)(C)[Si](C)(C)Oc1ccc([C@H]2CC[C@@H](N3OCC=C3c3ccc(S(=O)(=O)Cl)s3)CC2)c(O[Si](C)(C)C(C)(C)C)c1. The second-order valence-electron chi connectivity index (χ2n) is 14.7. The van der Waals surface area contributed by atoms with E-state index in [4.69, 9.17) is 24.4 Å². The van der Waals surface area contributed by atoms with Gasteiger partial charge in [0.1, 0.15) is 15.7 Å². The van der Waals surface area contributed by atoms with Crippen molar-refractivity contribution in [3.63, 3.8) is 0 Å². The van der Waals surface area contributed by atoms with Crippen LogP contribution in [0.2, 0.25) is 36.3 Å². The quantitative estimate of drug-likeness (QED) is 0.206. The van der Waals surface area contributed by atoms with Crippen molar-refractivity contribution < 1.29 is 22.1 Å². The van der Waals surface area contributed by atoms with Crippen LogP contribution in [0.5, 0.6) is 11.5 Å².